The topological polar surface area (TPSA) is 72.7 Å². The lowest BCUT2D eigenvalue weighted by Gasteiger charge is -2.22. The fraction of sp³-hybridized carbons (Fsp3) is 0.529. The molecule has 2 aromatic rings. The number of carbonyl (C=O) groups excluding carboxylic acids is 1. The summed E-state index contributed by atoms with van der Waals surface area (Å²) in [5.74, 6) is 0.393. The van der Waals surface area contributed by atoms with Gasteiger partial charge >= 0.3 is 0 Å². The molecular formula is C17H23N5OS. The van der Waals surface area contributed by atoms with Gasteiger partial charge in [0, 0.05) is 6.04 Å². The van der Waals surface area contributed by atoms with Gasteiger partial charge in [0.2, 0.25) is 11.1 Å². The summed E-state index contributed by atoms with van der Waals surface area (Å²) in [6.07, 6.45) is 5.89. The van der Waals surface area contributed by atoms with Crippen LogP contribution in [-0.4, -0.2) is 37.9 Å². The van der Waals surface area contributed by atoms with Gasteiger partial charge < -0.3 is 5.32 Å². The van der Waals surface area contributed by atoms with Crippen molar-refractivity contribution in [2.24, 2.45) is 0 Å². The van der Waals surface area contributed by atoms with E-state index in [1.54, 1.807) is 4.68 Å². The van der Waals surface area contributed by atoms with Crippen LogP contribution >= 0.6 is 11.8 Å². The number of amides is 1. The number of hydrogen-bond donors (Lipinski definition) is 1. The number of nitrogens with one attached hydrogen (secondary N) is 1. The highest BCUT2D eigenvalue weighted by molar-refractivity contribution is 7.99. The lowest BCUT2D eigenvalue weighted by molar-refractivity contribution is -0.119. The molecule has 0 spiro atoms. The monoisotopic (exact) mass is 345 g/mol. The van der Waals surface area contributed by atoms with E-state index >= 15 is 0 Å². The average Bonchev–Trinajstić information content (AvgIpc) is 3.05. The lowest BCUT2D eigenvalue weighted by atomic mass is 9.95. The zero-order valence-electron chi connectivity index (χ0n) is 14.2. The van der Waals surface area contributed by atoms with Gasteiger partial charge in [-0.15, -0.1) is 5.10 Å². The van der Waals surface area contributed by atoms with Crippen molar-refractivity contribution in [2.75, 3.05) is 5.75 Å². The van der Waals surface area contributed by atoms with E-state index in [0.29, 0.717) is 17.0 Å². The fourth-order valence-electron chi connectivity index (χ4n) is 3.03. The third-order valence-corrected chi connectivity index (χ3v) is 5.47. The number of aryl methyl sites for hydroxylation is 1. The van der Waals surface area contributed by atoms with Crippen LogP contribution in [0.5, 0.6) is 0 Å². The molecule has 128 valence electrons. The molecule has 0 atom stereocenters. The molecule has 0 radical (unpaired) electrons. The van der Waals surface area contributed by atoms with Crippen LogP contribution in [0.3, 0.4) is 0 Å². The molecule has 1 aliphatic rings. The van der Waals surface area contributed by atoms with E-state index in [2.05, 4.69) is 40.8 Å². The van der Waals surface area contributed by atoms with Crippen molar-refractivity contribution in [3.63, 3.8) is 0 Å². The Morgan fingerprint density at radius 3 is 2.88 bits per heavy atom. The number of benzene rings is 1. The quantitative estimate of drug-likeness (QED) is 0.844. The highest BCUT2D eigenvalue weighted by Crippen LogP contribution is 2.22. The highest BCUT2D eigenvalue weighted by Gasteiger charge is 2.17. The van der Waals surface area contributed by atoms with Crippen molar-refractivity contribution in [3.8, 4) is 5.69 Å². The Morgan fingerprint density at radius 1 is 1.29 bits per heavy atom. The molecule has 1 aromatic carbocycles. The fourth-order valence-corrected chi connectivity index (χ4v) is 3.73. The summed E-state index contributed by atoms with van der Waals surface area (Å²) in [5, 5.41) is 15.7. The Hall–Kier alpha value is -1.89. The second-order valence-electron chi connectivity index (χ2n) is 6.28. The second kappa shape index (κ2) is 7.79. The Labute approximate surface area is 146 Å². The van der Waals surface area contributed by atoms with Crippen LogP contribution in [0, 0.1) is 13.8 Å². The molecule has 0 saturated heterocycles. The number of carbonyl (C=O) groups is 1. The van der Waals surface area contributed by atoms with Gasteiger partial charge in [-0.1, -0.05) is 43.2 Å². The molecule has 3 rings (SSSR count). The van der Waals surface area contributed by atoms with E-state index in [0.717, 1.165) is 24.1 Å². The summed E-state index contributed by atoms with van der Waals surface area (Å²) < 4.78 is 1.71. The number of tetrazole rings is 1. The minimum atomic E-state index is 0.0578. The van der Waals surface area contributed by atoms with E-state index in [4.69, 9.17) is 0 Å². The molecule has 0 aliphatic heterocycles. The number of hydrogen-bond acceptors (Lipinski definition) is 5. The summed E-state index contributed by atoms with van der Waals surface area (Å²) in [5.41, 5.74) is 3.28. The molecule has 7 heteroatoms. The summed E-state index contributed by atoms with van der Waals surface area (Å²) in [7, 11) is 0. The Morgan fingerprint density at radius 2 is 2.08 bits per heavy atom. The zero-order valence-corrected chi connectivity index (χ0v) is 15.0. The van der Waals surface area contributed by atoms with Gasteiger partial charge in [0.1, 0.15) is 0 Å². The number of rotatable bonds is 5. The molecule has 1 N–H and O–H groups in total. The summed E-state index contributed by atoms with van der Waals surface area (Å²) in [6, 6.07) is 6.38. The third-order valence-electron chi connectivity index (χ3n) is 4.55. The van der Waals surface area contributed by atoms with Gasteiger partial charge in [-0.3, -0.25) is 4.79 Å². The molecule has 24 heavy (non-hydrogen) atoms. The van der Waals surface area contributed by atoms with Gasteiger partial charge in [0.05, 0.1) is 11.4 Å². The molecule has 0 unspecified atom stereocenters. The maximum atomic E-state index is 12.2. The first-order valence-electron chi connectivity index (χ1n) is 8.42. The standard InChI is InChI=1S/C17H23N5OS/c1-12-7-6-10-15(13(12)2)22-17(19-20-21-22)24-11-16(23)18-14-8-4-3-5-9-14/h6-7,10,14H,3-5,8-9,11H2,1-2H3,(H,18,23). The summed E-state index contributed by atoms with van der Waals surface area (Å²) in [6.45, 7) is 4.12. The smallest absolute Gasteiger partial charge is 0.230 e. The summed E-state index contributed by atoms with van der Waals surface area (Å²) in [4.78, 5) is 12.2. The van der Waals surface area contributed by atoms with Crippen LogP contribution < -0.4 is 5.32 Å². The van der Waals surface area contributed by atoms with Crippen molar-refractivity contribution < 1.29 is 4.79 Å². The molecule has 1 fully saturated rings. The first kappa shape index (κ1) is 17.0. The van der Waals surface area contributed by atoms with Crippen LogP contribution in [0.15, 0.2) is 23.4 Å². The van der Waals surface area contributed by atoms with E-state index in [-0.39, 0.29) is 5.91 Å². The maximum absolute atomic E-state index is 12.2. The average molecular weight is 345 g/mol. The van der Waals surface area contributed by atoms with Gasteiger partial charge in [-0.25, -0.2) is 0 Å². The lowest BCUT2D eigenvalue weighted by Crippen LogP contribution is -2.37. The summed E-state index contributed by atoms with van der Waals surface area (Å²) >= 11 is 1.37. The minimum Gasteiger partial charge on any atom is -0.353 e. The van der Waals surface area contributed by atoms with E-state index < -0.39 is 0 Å². The zero-order chi connectivity index (χ0) is 16.9. The SMILES string of the molecule is Cc1cccc(-n2nnnc2SCC(=O)NC2CCCCC2)c1C. The molecule has 1 amide bonds. The van der Waals surface area contributed by atoms with Crippen molar-refractivity contribution in [2.45, 2.75) is 57.1 Å². The van der Waals surface area contributed by atoms with E-state index in [9.17, 15) is 4.79 Å². The number of thioether (sulfide) groups is 1. The van der Waals surface area contributed by atoms with Crippen LogP contribution in [0.4, 0.5) is 0 Å². The van der Waals surface area contributed by atoms with Crippen LogP contribution in [0.25, 0.3) is 5.69 Å². The number of nitrogens with zero attached hydrogens (tertiary/aromatic N) is 4. The largest absolute Gasteiger partial charge is 0.353 e. The highest BCUT2D eigenvalue weighted by atomic mass is 32.2. The van der Waals surface area contributed by atoms with Crippen LogP contribution in [-0.2, 0) is 4.79 Å². The second-order valence-corrected chi connectivity index (χ2v) is 7.23. The molecule has 1 heterocycles. The molecule has 1 saturated carbocycles. The van der Waals surface area contributed by atoms with Gasteiger partial charge in [-0.2, -0.15) is 4.68 Å². The third kappa shape index (κ3) is 3.95. The first-order valence-corrected chi connectivity index (χ1v) is 9.41. The molecule has 6 nitrogen and oxygen atoms in total. The Bertz CT molecular complexity index is 709. The maximum Gasteiger partial charge on any atom is 0.230 e. The predicted octanol–water partition coefficient (Wildman–Crippen LogP) is 2.82. The molecule has 1 aliphatic carbocycles. The molecular weight excluding hydrogens is 322 g/mol. The van der Waals surface area contributed by atoms with E-state index in [1.165, 1.54) is 36.6 Å². The van der Waals surface area contributed by atoms with E-state index in [1.807, 2.05) is 12.1 Å². The predicted molar refractivity (Wildman–Crippen MR) is 94.4 cm³/mol. The molecule has 0 bridgehead atoms. The van der Waals surface area contributed by atoms with Gasteiger partial charge in [-0.05, 0) is 54.3 Å². The number of aromatic nitrogens is 4. The first-order chi connectivity index (χ1) is 11.6. The minimum absolute atomic E-state index is 0.0578. The van der Waals surface area contributed by atoms with Crippen molar-refractivity contribution in [3.05, 3.63) is 29.3 Å². The van der Waals surface area contributed by atoms with Crippen LogP contribution in [0.2, 0.25) is 0 Å². The van der Waals surface area contributed by atoms with Gasteiger partial charge in [0.15, 0.2) is 0 Å². The van der Waals surface area contributed by atoms with Crippen LogP contribution in [0.1, 0.15) is 43.2 Å². The van der Waals surface area contributed by atoms with Crippen molar-refractivity contribution in [1.29, 1.82) is 0 Å². The van der Waals surface area contributed by atoms with Gasteiger partial charge in [0.25, 0.3) is 0 Å². The van der Waals surface area contributed by atoms with Crippen molar-refractivity contribution >= 4 is 17.7 Å². The Kier molecular flexibility index (Phi) is 5.50. The van der Waals surface area contributed by atoms with Crippen molar-refractivity contribution in [1.82, 2.24) is 25.5 Å². The normalized spacial score (nSPS) is 15.4. The molecule has 1 aromatic heterocycles. The Balaban J connectivity index is 1.63.